The lowest BCUT2D eigenvalue weighted by molar-refractivity contribution is -0.122. The molecule has 0 saturated heterocycles. The highest BCUT2D eigenvalue weighted by Crippen LogP contribution is 2.16. The average Bonchev–Trinajstić information content (AvgIpc) is 3.04. The lowest BCUT2D eigenvalue weighted by Crippen LogP contribution is -2.30. The molecule has 0 saturated carbocycles. The molecule has 1 heterocycles. The summed E-state index contributed by atoms with van der Waals surface area (Å²) in [5.41, 5.74) is 3.29. The Balaban J connectivity index is 1.55. The Hall–Kier alpha value is -2.73. The van der Waals surface area contributed by atoms with Crippen molar-refractivity contribution in [2.75, 3.05) is 0 Å². The molecule has 6 nitrogen and oxygen atoms in total. The molecule has 134 valence electrons. The summed E-state index contributed by atoms with van der Waals surface area (Å²) in [6.45, 7) is 3.99. The molecule has 0 aliphatic heterocycles. The number of benzene rings is 2. The fourth-order valence-electron chi connectivity index (χ4n) is 2.55. The number of carbonyl (C=O) groups is 1. The number of nitrogens with one attached hydrogen (secondary N) is 1. The minimum atomic E-state index is -0.174. The van der Waals surface area contributed by atoms with Crippen LogP contribution in [0.5, 0.6) is 0 Å². The van der Waals surface area contributed by atoms with E-state index in [-0.39, 0.29) is 18.5 Å². The lowest BCUT2D eigenvalue weighted by atomic mass is 10.1. The average molecular weight is 370 g/mol. The van der Waals surface area contributed by atoms with Gasteiger partial charge in [-0.3, -0.25) is 4.79 Å². The molecule has 1 N–H and O–H groups in total. The van der Waals surface area contributed by atoms with Crippen LogP contribution >= 0.6 is 11.6 Å². The molecule has 7 heteroatoms. The van der Waals surface area contributed by atoms with E-state index in [9.17, 15) is 4.79 Å². The highest BCUT2D eigenvalue weighted by molar-refractivity contribution is 6.30. The van der Waals surface area contributed by atoms with E-state index in [0.717, 1.165) is 11.1 Å². The van der Waals surface area contributed by atoms with Crippen molar-refractivity contribution in [3.63, 3.8) is 0 Å². The number of halogens is 1. The summed E-state index contributed by atoms with van der Waals surface area (Å²) in [4.78, 5) is 13.5. The van der Waals surface area contributed by atoms with Gasteiger partial charge in [0.2, 0.25) is 5.91 Å². The molecule has 0 aliphatic rings. The Kier molecular flexibility index (Phi) is 5.63. The third-order valence-corrected chi connectivity index (χ3v) is 4.26. The van der Waals surface area contributed by atoms with E-state index in [0.29, 0.717) is 17.3 Å². The van der Waals surface area contributed by atoms with Crippen LogP contribution in [0.15, 0.2) is 48.5 Å². The van der Waals surface area contributed by atoms with Crippen molar-refractivity contribution in [1.82, 2.24) is 25.5 Å². The summed E-state index contributed by atoms with van der Waals surface area (Å²) in [5.74, 6) is 0.416. The van der Waals surface area contributed by atoms with Gasteiger partial charge in [-0.1, -0.05) is 53.6 Å². The van der Waals surface area contributed by atoms with Crippen LogP contribution in [0.25, 0.3) is 0 Å². The van der Waals surface area contributed by atoms with Gasteiger partial charge in [0.05, 0.1) is 6.04 Å². The van der Waals surface area contributed by atoms with E-state index in [1.54, 1.807) is 12.1 Å². The van der Waals surface area contributed by atoms with Gasteiger partial charge in [0.15, 0.2) is 5.82 Å². The van der Waals surface area contributed by atoms with E-state index < -0.39 is 0 Å². The maximum Gasteiger partial charge on any atom is 0.244 e. The van der Waals surface area contributed by atoms with Crippen molar-refractivity contribution in [1.29, 1.82) is 0 Å². The van der Waals surface area contributed by atoms with Gasteiger partial charge in [-0.25, -0.2) is 0 Å². The van der Waals surface area contributed by atoms with Crippen molar-refractivity contribution in [3.05, 3.63) is 76.1 Å². The molecule has 0 bridgehead atoms. The van der Waals surface area contributed by atoms with E-state index in [2.05, 4.69) is 20.7 Å². The van der Waals surface area contributed by atoms with Crippen molar-refractivity contribution < 1.29 is 4.79 Å². The first-order valence-electron chi connectivity index (χ1n) is 8.36. The molecule has 0 spiro atoms. The van der Waals surface area contributed by atoms with Crippen molar-refractivity contribution >= 4 is 17.5 Å². The Morgan fingerprint density at radius 3 is 2.54 bits per heavy atom. The van der Waals surface area contributed by atoms with Gasteiger partial charge >= 0.3 is 0 Å². The van der Waals surface area contributed by atoms with Crippen LogP contribution in [-0.2, 0) is 17.8 Å². The van der Waals surface area contributed by atoms with Gasteiger partial charge < -0.3 is 5.32 Å². The smallest absolute Gasteiger partial charge is 0.244 e. The molecule has 1 aromatic heterocycles. The van der Waals surface area contributed by atoms with Crippen molar-refractivity contribution in [2.45, 2.75) is 32.9 Å². The summed E-state index contributed by atoms with van der Waals surface area (Å²) in [7, 11) is 0. The molecule has 3 rings (SSSR count). The first kappa shape index (κ1) is 18.1. The summed E-state index contributed by atoms with van der Waals surface area (Å²) >= 11 is 5.88. The minimum Gasteiger partial charge on any atom is -0.348 e. The SMILES string of the molecule is Cc1ccc(Cc2nnn(CC(=O)N[C@@H](C)c3ccc(Cl)cc3)n2)cc1. The third kappa shape index (κ3) is 4.89. The number of carbonyl (C=O) groups excluding carboxylic acids is 1. The van der Waals surface area contributed by atoms with Crippen molar-refractivity contribution in [2.24, 2.45) is 0 Å². The molecule has 0 unspecified atom stereocenters. The van der Waals surface area contributed by atoms with E-state index >= 15 is 0 Å². The van der Waals surface area contributed by atoms with Gasteiger partial charge in [-0.05, 0) is 42.3 Å². The maximum atomic E-state index is 12.2. The normalized spacial score (nSPS) is 12.0. The molecule has 0 fully saturated rings. The quantitative estimate of drug-likeness (QED) is 0.724. The number of amides is 1. The second kappa shape index (κ2) is 8.10. The third-order valence-electron chi connectivity index (χ3n) is 4.01. The molecule has 0 radical (unpaired) electrons. The molecule has 2 aromatic carbocycles. The van der Waals surface area contributed by atoms with Crippen molar-refractivity contribution in [3.8, 4) is 0 Å². The standard InChI is InChI=1S/C19H20ClN5O/c1-13-3-5-15(6-4-13)11-18-22-24-25(23-18)12-19(26)21-14(2)16-7-9-17(20)10-8-16/h3-10,14H,11-12H2,1-2H3,(H,21,26)/t14-/m0/s1. The van der Waals surface area contributed by atoms with Crippen LogP contribution < -0.4 is 5.32 Å². The summed E-state index contributed by atoms with van der Waals surface area (Å²) in [6.07, 6.45) is 0.586. The van der Waals surface area contributed by atoms with Crippen LogP contribution in [0.1, 0.15) is 35.5 Å². The Morgan fingerprint density at radius 2 is 1.85 bits per heavy atom. The zero-order valence-electron chi connectivity index (χ0n) is 14.7. The van der Waals surface area contributed by atoms with Crippen LogP contribution in [0.2, 0.25) is 5.02 Å². The van der Waals surface area contributed by atoms with Crippen LogP contribution in [0.4, 0.5) is 0 Å². The molecular weight excluding hydrogens is 350 g/mol. The largest absolute Gasteiger partial charge is 0.348 e. The number of tetrazole rings is 1. The van der Waals surface area contributed by atoms with Crippen LogP contribution in [0.3, 0.4) is 0 Å². The second-order valence-corrected chi connectivity index (χ2v) is 6.68. The molecule has 1 atom stereocenters. The maximum absolute atomic E-state index is 12.2. The van der Waals surface area contributed by atoms with Gasteiger partial charge in [0.1, 0.15) is 6.54 Å². The summed E-state index contributed by atoms with van der Waals surface area (Å²) in [5, 5.41) is 15.8. The Morgan fingerprint density at radius 1 is 1.15 bits per heavy atom. The predicted octanol–water partition coefficient (Wildman–Crippen LogP) is 3.10. The predicted molar refractivity (Wildman–Crippen MR) is 99.8 cm³/mol. The molecule has 26 heavy (non-hydrogen) atoms. The zero-order chi connectivity index (χ0) is 18.5. The van der Waals surface area contributed by atoms with Gasteiger partial charge in [0, 0.05) is 11.4 Å². The number of hydrogen-bond acceptors (Lipinski definition) is 4. The number of rotatable bonds is 6. The number of aromatic nitrogens is 4. The molecule has 0 aliphatic carbocycles. The van der Waals surface area contributed by atoms with Crippen LogP contribution in [0, 0.1) is 6.92 Å². The fraction of sp³-hybridized carbons (Fsp3) is 0.263. The highest BCUT2D eigenvalue weighted by Gasteiger charge is 2.12. The zero-order valence-corrected chi connectivity index (χ0v) is 15.4. The topological polar surface area (TPSA) is 72.7 Å². The second-order valence-electron chi connectivity index (χ2n) is 6.24. The summed E-state index contributed by atoms with van der Waals surface area (Å²) in [6, 6.07) is 15.4. The highest BCUT2D eigenvalue weighted by atomic mass is 35.5. The lowest BCUT2D eigenvalue weighted by Gasteiger charge is -2.14. The first-order chi connectivity index (χ1) is 12.5. The molecule has 3 aromatic rings. The van der Waals surface area contributed by atoms with Gasteiger partial charge in [0.25, 0.3) is 0 Å². The van der Waals surface area contributed by atoms with E-state index in [1.165, 1.54) is 10.4 Å². The van der Waals surface area contributed by atoms with Gasteiger partial charge in [-0.2, -0.15) is 4.80 Å². The Bertz CT molecular complexity index is 874. The Labute approximate surface area is 157 Å². The fourth-order valence-corrected chi connectivity index (χ4v) is 2.68. The van der Waals surface area contributed by atoms with Gasteiger partial charge in [-0.15, -0.1) is 10.2 Å². The number of hydrogen-bond donors (Lipinski definition) is 1. The molecule has 1 amide bonds. The first-order valence-corrected chi connectivity index (χ1v) is 8.74. The monoisotopic (exact) mass is 369 g/mol. The van der Waals surface area contributed by atoms with E-state index in [1.807, 2.05) is 50.2 Å². The summed E-state index contributed by atoms with van der Waals surface area (Å²) < 4.78 is 0. The number of aryl methyl sites for hydroxylation is 1. The molecular formula is C19H20ClN5O. The van der Waals surface area contributed by atoms with Crippen LogP contribution in [-0.4, -0.2) is 26.1 Å². The minimum absolute atomic E-state index is 0.0266. The van der Waals surface area contributed by atoms with E-state index in [4.69, 9.17) is 11.6 Å². The number of nitrogens with zero attached hydrogens (tertiary/aromatic N) is 4.